The summed E-state index contributed by atoms with van der Waals surface area (Å²) in [5.74, 6) is -1.19. The first kappa shape index (κ1) is 11.5. The maximum absolute atomic E-state index is 11.0. The van der Waals surface area contributed by atoms with Gasteiger partial charge in [-0.1, -0.05) is 20.8 Å². The molecule has 0 bridgehead atoms. The molecule has 0 aromatic carbocycles. The van der Waals surface area contributed by atoms with E-state index in [-0.39, 0.29) is 13.0 Å². The van der Waals surface area contributed by atoms with E-state index in [1.165, 1.54) is 0 Å². The lowest BCUT2D eigenvalue weighted by atomic mass is 9.64. The molecular formula is C10H18O4. The van der Waals surface area contributed by atoms with Gasteiger partial charge in [0.2, 0.25) is 0 Å². The lowest BCUT2D eigenvalue weighted by molar-refractivity contribution is -0.175. The zero-order chi connectivity index (χ0) is 11.2. The largest absolute Gasteiger partial charge is 0.479 e. The maximum atomic E-state index is 11.0. The zero-order valence-corrected chi connectivity index (χ0v) is 8.87. The van der Waals surface area contributed by atoms with Crippen molar-refractivity contribution in [2.24, 2.45) is 10.8 Å². The molecule has 0 radical (unpaired) electrons. The highest BCUT2D eigenvalue weighted by atomic mass is 16.4. The number of hydrogen-bond acceptors (Lipinski definition) is 3. The smallest absolute Gasteiger partial charge is 0.336 e. The minimum atomic E-state index is -1.72. The molecule has 0 spiro atoms. The molecule has 82 valence electrons. The van der Waals surface area contributed by atoms with Gasteiger partial charge in [-0.25, -0.2) is 4.79 Å². The van der Waals surface area contributed by atoms with E-state index in [0.717, 1.165) is 0 Å². The van der Waals surface area contributed by atoms with E-state index in [4.69, 9.17) is 5.11 Å². The summed E-state index contributed by atoms with van der Waals surface area (Å²) < 4.78 is 0. The third kappa shape index (κ3) is 1.10. The summed E-state index contributed by atoms with van der Waals surface area (Å²) in [7, 11) is 0. The summed E-state index contributed by atoms with van der Waals surface area (Å²) in [6.45, 7) is 5.11. The van der Waals surface area contributed by atoms with Gasteiger partial charge in [0, 0.05) is 12.0 Å². The summed E-state index contributed by atoms with van der Waals surface area (Å²) in [6, 6.07) is 0. The Hall–Kier alpha value is -0.610. The van der Waals surface area contributed by atoms with Gasteiger partial charge < -0.3 is 15.3 Å². The van der Waals surface area contributed by atoms with Gasteiger partial charge in [-0.05, 0) is 18.3 Å². The van der Waals surface area contributed by atoms with Crippen molar-refractivity contribution in [2.75, 3.05) is 6.61 Å². The van der Waals surface area contributed by atoms with Gasteiger partial charge in [-0.3, -0.25) is 0 Å². The summed E-state index contributed by atoms with van der Waals surface area (Å²) in [4.78, 5) is 11.0. The Bertz CT molecular complexity index is 261. The van der Waals surface area contributed by atoms with Crippen LogP contribution in [0.15, 0.2) is 0 Å². The number of aliphatic hydroxyl groups is 2. The first-order valence-corrected chi connectivity index (χ1v) is 4.78. The molecule has 0 aromatic heterocycles. The second-order valence-corrected chi connectivity index (χ2v) is 5.01. The van der Waals surface area contributed by atoms with E-state index in [1.807, 2.05) is 6.92 Å². The Morgan fingerprint density at radius 3 is 2.00 bits per heavy atom. The van der Waals surface area contributed by atoms with Gasteiger partial charge >= 0.3 is 5.97 Å². The molecule has 1 aliphatic rings. The van der Waals surface area contributed by atoms with Crippen LogP contribution in [0.4, 0.5) is 0 Å². The Morgan fingerprint density at radius 2 is 1.79 bits per heavy atom. The number of hydrogen-bond donors (Lipinski definition) is 3. The van der Waals surface area contributed by atoms with E-state index in [9.17, 15) is 15.0 Å². The fourth-order valence-electron chi connectivity index (χ4n) is 2.23. The van der Waals surface area contributed by atoms with Crippen LogP contribution in [0.5, 0.6) is 0 Å². The summed E-state index contributed by atoms with van der Waals surface area (Å²) >= 11 is 0. The van der Waals surface area contributed by atoms with Crippen LogP contribution in [-0.4, -0.2) is 33.5 Å². The maximum Gasteiger partial charge on any atom is 0.336 e. The number of carboxylic acid groups (broad SMARTS) is 1. The predicted octanol–water partition coefficient (Wildman–Crippen LogP) is 0.621. The second-order valence-electron chi connectivity index (χ2n) is 5.01. The average Bonchev–Trinajstić information content (AvgIpc) is 2.28. The molecule has 0 aliphatic heterocycles. The van der Waals surface area contributed by atoms with Gasteiger partial charge in [-0.15, -0.1) is 0 Å². The predicted molar refractivity (Wildman–Crippen MR) is 50.8 cm³/mol. The average molecular weight is 202 g/mol. The lowest BCUT2D eigenvalue weighted by Crippen LogP contribution is -2.53. The normalized spacial score (nSPS) is 41.2. The molecule has 0 amide bonds. The molecule has 1 rings (SSSR count). The van der Waals surface area contributed by atoms with Crippen LogP contribution in [0.3, 0.4) is 0 Å². The Kier molecular flexibility index (Phi) is 2.41. The van der Waals surface area contributed by atoms with Crippen LogP contribution in [0.1, 0.15) is 33.6 Å². The monoisotopic (exact) mass is 202 g/mol. The van der Waals surface area contributed by atoms with Crippen molar-refractivity contribution in [1.82, 2.24) is 0 Å². The Balaban J connectivity index is 3.15. The molecule has 4 heteroatoms. The number of carbonyl (C=O) groups is 1. The SMILES string of the molecule is CC1(CO)CC[C@](O)(C(=O)O)C1(C)C. The van der Waals surface area contributed by atoms with Crippen LogP contribution in [0.25, 0.3) is 0 Å². The number of aliphatic hydroxyl groups excluding tert-OH is 1. The molecule has 4 nitrogen and oxygen atoms in total. The van der Waals surface area contributed by atoms with Gasteiger partial charge in [0.05, 0.1) is 0 Å². The molecule has 0 aromatic rings. The summed E-state index contributed by atoms with van der Waals surface area (Å²) in [5.41, 5.74) is -3.06. The van der Waals surface area contributed by atoms with E-state index < -0.39 is 22.4 Å². The molecule has 1 aliphatic carbocycles. The number of aliphatic carboxylic acids is 1. The zero-order valence-electron chi connectivity index (χ0n) is 8.87. The highest BCUT2D eigenvalue weighted by Gasteiger charge is 2.63. The van der Waals surface area contributed by atoms with Crippen molar-refractivity contribution < 1.29 is 20.1 Å². The summed E-state index contributed by atoms with van der Waals surface area (Å²) in [5, 5.41) is 28.3. The van der Waals surface area contributed by atoms with Crippen LogP contribution in [-0.2, 0) is 4.79 Å². The van der Waals surface area contributed by atoms with Crippen molar-refractivity contribution in [3.63, 3.8) is 0 Å². The van der Waals surface area contributed by atoms with Crippen molar-refractivity contribution in [1.29, 1.82) is 0 Å². The second kappa shape index (κ2) is 2.94. The number of carboxylic acids is 1. The molecule has 3 N–H and O–H groups in total. The quantitative estimate of drug-likeness (QED) is 0.613. The van der Waals surface area contributed by atoms with Crippen LogP contribution in [0, 0.1) is 10.8 Å². The first-order chi connectivity index (χ1) is 6.21. The molecule has 1 fully saturated rings. The van der Waals surface area contributed by atoms with Crippen LogP contribution < -0.4 is 0 Å². The van der Waals surface area contributed by atoms with Crippen LogP contribution in [0.2, 0.25) is 0 Å². The Morgan fingerprint density at radius 1 is 1.29 bits per heavy atom. The van der Waals surface area contributed by atoms with E-state index in [2.05, 4.69) is 0 Å². The molecular weight excluding hydrogens is 184 g/mol. The topological polar surface area (TPSA) is 77.8 Å². The standard InChI is InChI=1S/C10H18O4/c1-8(2)9(3,6-11)4-5-10(8,14)7(12)13/h11,14H,4-6H2,1-3H3,(H,12,13)/t9?,10-/m0/s1. The van der Waals surface area contributed by atoms with E-state index >= 15 is 0 Å². The first-order valence-electron chi connectivity index (χ1n) is 4.78. The molecule has 2 atom stereocenters. The third-order valence-electron chi connectivity index (χ3n) is 4.28. The van der Waals surface area contributed by atoms with Crippen molar-refractivity contribution in [2.45, 2.75) is 39.2 Å². The van der Waals surface area contributed by atoms with E-state index in [0.29, 0.717) is 6.42 Å². The van der Waals surface area contributed by atoms with E-state index in [1.54, 1.807) is 13.8 Å². The lowest BCUT2D eigenvalue weighted by Gasteiger charge is -2.42. The molecule has 0 heterocycles. The van der Waals surface area contributed by atoms with Crippen molar-refractivity contribution >= 4 is 5.97 Å². The van der Waals surface area contributed by atoms with Crippen molar-refractivity contribution in [3.05, 3.63) is 0 Å². The van der Waals surface area contributed by atoms with Gasteiger partial charge in [0.1, 0.15) is 0 Å². The molecule has 1 unspecified atom stereocenters. The highest BCUT2D eigenvalue weighted by Crippen LogP contribution is 2.57. The Labute approximate surface area is 83.6 Å². The summed E-state index contributed by atoms with van der Waals surface area (Å²) in [6.07, 6.45) is 0.728. The highest BCUT2D eigenvalue weighted by molar-refractivity contribution is 5.79. The minimum absolute atomic E-state index is 0.102. The molecule has 0 saturated heterocycles. The van der Waals surface area contributed by atoms with Gasteiger partial charge in [0.15, 0.2) is 5.60 Å². The minimum Gasteiger partial charge on any atom is -0.479 e. The van der Waals surface area contributed by atoms with Gasteiger partial charge in [0.25, 0.3) is 0 Å². The number of rotatable bonds is 2. The van der Waals surface area contributed by atoms with Crippen LogP contribution >= 0.6 is 0 Å². The van der Waals surface area contributed by atoms with Gasteiger partial charge in [-0.2, -0.15) is 0 Å². The molecule has 1 saturated carbocycles. The fourth-order valence-corrected chi connectivity index (χ4v) is 2.23. The molecule has 14 heavy (non-hydrogen) atoms. The third-order valence-corrected chi connectivity index (χ3v) is 4.28. The van der Waals surface area contributed by atoms with Crippen molar-refractivity contribution in [3.8, 4) is 0 Å². The fraction of sp³-hybridized carbons (Fsp3) is 0.900.